The van der Waals surface area contributed by atoms with E-state index in [1.165, 1.54) is 0 Å². The maximum Gasteiger partial charge on any atom is 0.328 e. The van der Waals surface area contributed by atoms with Crippen molar-refractivity contribution in [1.82, 2.24) is 21.5 Å². The molecule has 0 radical (unpaired) electrons. The third-order valence-corrected chi connectivity index (χ3v) is 2.90. The van der Waals surface area contributed by atoms with Crippen molar-refractivity contribution in [2.24, 2.45) is 11.5 Å². The average Bonchev–Trinajstić information content (AvgIpc) is 2.54. The first-order valence-electron chi connectivity index (χ1n) is 7.21. The molecule has 4 atom stereocenters. The van der Waals surface area contributed by atoms with E-state index in [2.05, 4.69) is 0 Å². The SMILES string of the molecule is CC(O)[C@H](NC(=O)NC(CC(N)=O)C(=O)NNC(=O)[C@H](N)CO)C(=O)O. The van der Waals surface area contributed by atoms with Gasteiger partial charge >= 0.3 is 12.0 Å². The monoisotopic (exact) mass is 378 g/mol. The highest BCUT2D eigenvalue weighted by Gasteiger charge is 2.28. The van der Waals surface area contributed by atoms with E-state index in [0.717, 1.165) is 6.92 Å². The van der Waals surface area contributed by atoms with Gasteiger partial charge in [-0.25, -0.2) is 9.59 Å². The quantitative estimate of drug-likeness (QED) is 0.174. The number of rotatable bonds is 9. The molecule has 14 nitrogen and oxygen atoms in total. The van der Waals surface area contributed by atoms with Gasteiger partial charge in [-0.2, -0.15) is 0 Å². The summed E-state index contributed by atoms with van der Waals surface area (Å²) in [6.07, 6.45) is -2.12. The van der Waals surface area contributed by atoms with Crippen molar-refractivity contribution in [2.75, 3.05) is 6.61 Å². The Balaban J connectivity index is 4.90. The predicted octanol–water partition coefficient (Wildman–Crippen LogP) is -5.17. The molecule has 148 valence electrons. The Morgan fingerprint density at radius 3 is 2.00 bits per heavy atom. The van der Waals surface area contributed by atoms with Gasteiger partial charge in [-0.1, -0.05) is 0 Å². The van der Waals surface area contributed by atoms with Crippen LogP contribution in [0.15, 0.2) is 0 Å². The fourth-order valence-corrected chi connectivity index (χ4v) is 1.53. The van der Waals surface area contributed by atoms with Crippen LogP contribution in [0.4, 0.5) is 4.79 Å². The van der Waals surface area contributed by atoms with Gasteiger partial charge in [0.1, 0.15) is 12.1 Å². The molecule has 0 saturated heterocycles. The highest BCUT2D eigenvalue weighted by Crippen LogP contribution is 1.96. The summed E-state index contributed by atoms with van der Waals surface area (Å²) in [4.78, 5) is 57.0. The van der Waals surface area contributed by atoms with Crippen LogP contribution < -0.4 is 33.0 Å². The Hall–Kier alpha value is -2.97. The first kappa shape index (κ1) is 23.0. The number of hydrogen-bond acceptors (Lipinski definition) is 8. The smallest absolute Gasteiger partial charge is 0.328 e. The summed E-state index contributed by atoms with van der Waals surface area (Å²) in [7, 11) is 0. The van der Waals surface area contributed by atoms with Crippen LogP contribution >= 0.6 is 0 Å². The predicted molar refractivity (Wildman–Crippen MR) is 83.7 cm³/mol. The van der Waals surface area contributed by atoms with Crippen LogP contribution in [0.5, 0.6) is 0 Å². The van der Waals surface area contributed by atoms with Crippen molar-refractivity contribution in [1.29, 1.82) is 0 Å². The number of primary amides is 1. The maximum absolute atomic E-state index is 11.9. The topological polar surface area (TPSA) is 246 Å². The Kier molecular flexibility index (Phi) is 9.57. The number of aliphatic hydroxyl groups excluding tert-OH is 2. The number of aliphatic hydroxyl groups is 2. The zero-order chi connectivity index (χ0) is 20.4. The number of carboxylic acids is 1. The first-order chi connectivity index (χ1) is 12.0. The molecule has 0 fully saturated rings. The molecule has 0 heterocycles. The molecule has 0 aliphatic carbocycles. The Morgan fingerprint density at radius 2 is 1.58 bits per heavy atom. The first-order valence-corrected chi connectivity index (χ1v) is 7.21. The van der Waals surface area contributed by atoms with Crippen LogP contribution in [0.25, 0.3) is 0 Å². The Bertz CT molecular complexity index is 554. The number of urea groups is 1. The molecule has 0 aliphatic heterocycles. The largest absolute Gasteiger partial charge is 0.480 e. The van der Waals surface area contributed by atoms with Crippen LogP contribution in [0.2, 0.25) is 0 Å². The minimum absolute atomic E-state index is 0.673. The molecule has 26 heavy (non-hydrogen) atoms. The number of hydrazine groups is 1. The van der Waals surface area contributed by atoms with E-state index in [1.807, 2.05) is 21.5 Å². The number of amides is 5. The average molecular weight is 378 g/mol. The highest BCUT2D eigenvalue weighted by atomic mass is 16.4. The number of aliphatic carboxylic acids is 1. The number of nitrogens with two attached hydrogens (primary N) is 2. The molecule has 14 heteroatoms. The molecule has 2 unspecified atom stereocenters. The second kappa shape index (κ2) is 10.8. The summed E-state index contributed by atoms with van der Waals surface area (Å²) >= 11 is 0. The fraction of sp³-hybridized carbons (Fsp3) is 0.583. The van der Waals surface area contributed by atoms with Crippen LogP contribution in [0.1, 0.15) is 13.3 Å². The van der Waals surface area contributed by atoms with Crippen LogP contribution in [-0.4, -0.2) is 75.9 Å². The van der Waals surface area contributed by atoms with Crippen molar-refractivity contribution in [3.05, 3.63) is 0 Å². The summed E-state index contributed by atoms with van der Waals surface area (Å²) in [5.74, 6) is -4.52. The summed E-state index contributed by atoms with van der Waals surface area (Å²) < 4.78 is 0. The van der Waals surface area contributed by atoms with Gasteiger partial charge in [0.25, 0.3) is 11.8 Å². The van der Waals surface area contributed by atoms with Crippen LogP contribution in [0.3, 0.4) is 0 Å². The van der Waals surface area contributed by atoms with Crippen LogP contribution in [0, 0.1) is 0 Å². The zero-order valence-corrected chi connectivity index (χ0v) is 13.8. The van der Waals surface area contributed by atoms with Gasteiger partial charge in [0.2, 0.25) is 5.91 Å². The molecule has 0 spiro atoms. The van der Waals surface area contributed by atoms with E-state index in [-0.39, 0.29) is 0 Å². The van der Waals surface area contributed by atoms with Gasteiger partial charge in [0, 0.05) is 0 Å². The number of carbonyl (C=O) groups is 5. The zero-order valence-electron chi connectivity index (χ0n) is 13.8. The van der Waals surface area contributed by atoms with Gasteiger partial charge in [0.15, 0.2) is 6.04 Å². The fourth-order valence-electron chi connectivity index (χ4n) is 1.53. The number of nitrogens with one attached hydrogen (secondary N) is 4. The van der Waals surface area contributed by atoms with E-state index in [4.69, 9.17) is 21.7 Å². The molecule has 0 aromatic carbocycles. The van der Waals surface area contributed by atoms with E-state index in [0.29, 0.717) is 0 Å². The molecule has 0 saturated carbocycles. The van der Waals surface area contributed by atoms with Crippen molar-refractivity contribution < 1.29 is 39.3 Å². The number of carboxylic acid groups (broad SMARTS) is 1. The lowest BCUT2D eigenvalue weighted by atomic mass is 10.1. The molecular weight excluding hydrogens is 356 g/mol. The van der Waals surface area contributed by atoms with Crippen LogP contribution in [-0.2, 0) is 19.2 Å². The molecule has 0 aromatic rings. The highest BCUT2D eigenvalue weighted by molar-refractivity contribution is 5.93. The standard InChI is InChI=1S/C12H22N6O8/c1-4(20)8(11(24)25)16-12(26)15-6(2-7(14)21)10(23)18-17-9(22)5(13)3-19/h4-6,8,19-20H,2-3,13H2,1H3,(H2,14,21)(H,17,22)(H,18,23)(H,24,25)(H2,15,16,26)/t4?,5-,6?,8+/m1/s1. The molecule has 5 amide bonds. The van der Waals surface area contributed by atoms with Crippen molar-refractivity contribution in [3.63, 3.8) is 0 Å². The lowest BCUT2D eigenvalue weighted by Gasteiger charge is -2.21. The van der Waals surface area contributed by atoms with Crippen molar-refractivity contribution in [3.8, 4) is 0 Å². The summed E-state index contributed by atoms with van der Waals surface area (Å²) in [5.41, 5.74) is 13.9. The number of hydrogen-bond donors (Lipinski definition) is 9. The van der Waals surface area contributed by atoms with Crippen molar-refractivity contribution >= 4 is 29.7 Å². The maximum atomic E-state index is 11.9. The molecule has 0 aromatic heterocycles. The lowest BCUT2D eigenvalue weighted by molar-refractivity contribution is -0.141. The number of carbonyl (C=O) groups excluding carboxylic acids is 4. The summed E-state index contributed by atoms with van der Waals surface area (Å²) in [6, 6.07) is -5.74. The molecule has 11 N–H and O–H groups in total. The van der Waals surface area contributed by atoms with Gasteiger partial charge in [-0.3, -0.25) is 25.2 Å². The van der Waals surface area contributed by atoms with Gasteiger partial charge in [0.05, 0.1) is 19.1 Å². The lowest BCUT2D eigenvalue weighted by Crippen LogP contribution is -2.59. The van der Waals surface area contributed by atoms with E-state index >= 15 is 0 Å². The van der Waals surface area contributed by atoms with Gasteiger partial charge in [-0.05, 0) is 6.92 Å². The molecular formula is C12H22N6O8. The Labute approximate surface area is 147 Å². The Morgan fingerprint density at radius 1 is 1.04 bits per heavy atom. The second-order valence-electron chi connectivity index (χ2n) is 5.16. The molecule has 0 bridgehead atoms. The third-order valence-electron chi connectivity index (χ3n) is 2.90. The second-order valence-corrected chi connectivity index (χ2v) is 5.16. The molecule has 0 aliphatic rings. The van der Waals surface area contributed by atoms with E-state index < -0.39 is 67.0 Å². The summed E-state index contributed by atoms with van der Waals surface area (Å²) in [6.45, 7) is 0.426. The van der Waals surface area contributed by atoms with Gasteiger partial charge in [-0.15, -0.1) is 0 Å². The van der Waals surface area contributed by atoms with Crippen molar-refractivity contribution in [2.45, 2.75) is 37.6 Å². The van der Waals surface area contributed by atoms with E-state index in [1.54, 1.807) is 0 Å². The minimum Gasteiger partial charge on any atom is -0.480 e. The third kappa shape index (κ3) is 8.22. The normalized spacial score (nSPS) is 14.9. The van der Waals surface area contributed by atoms with Gasteiger partial charge < -0.3 is 37.4 Å². The minimum atomic E-state index is -1.67. The molecule has 0 rings (SSSR count). The van der Waals surface area contributed by atoms with E-state index in [9.17, 15) is 29.1 Å². The summed E-state index contributed by atoms with van der Waals surface area (Å²) in [5, 5.41) is 30.7.